The number of benzene rings is 1. The van der Waals surface area contributed by atoms with E-state index in [1.807, 2.05) is 0 Å². The Morgan fingerprint density at radius 2 is 2.00 bits per heavy atom. The van der Waals surface area contributed by atoms with Crippen LogP contribution in [0.25, 0.3) is 0 Å². The predicted molar refractivity (Wildman–Crippen MR) is 50.3 cm³/mol. The van der Waals surface area contributed by atoms with Gasteiger partial charge in [0.05, 0.1) is 11.5 Å². The van der Waals surface area contributed by atoms with Gasteiger partial charge in [-0.15, -0.1) is 0 Å². The maximum Gasteiger partial charge on any atom is 0.294 e. The zero-order valence-electron chi connectivity index (χ0n) is 7.73. The second-order valence-electron chi connectivity index (χ2n) is 3.02. The summed E-state index contributed by atoms with van der Waals surface area (Å²) in [6.45, 7) is 1.48. The van der Waals surface area contributed by atoms with E-state index in [4.69, 9.17) is 4.55 Å². The van der Waals surface area contributed by atoms with Crippen molar-refractivity contribution < 1.29 is 18.1 Å². The summed E-state index contributed by atoms with van der Waals surface area (Å²) in [4.78, 5) is -0.135. The highest BCUT2D eigenvalue weighted by atomic mass is 32.2. The minimum atomic E-state index is -4.14. The molecule has 0 atom stereocenters. The average Bonchev–Trinajstić information content (AvgIpc) is 2.07. The van der Waals surface area contributed by atoms with Crippen molar-refractivity contribution in [3.8, 4) is 0 Å². The quantitative estimate of drug-likeness (QED) is 0.770. The highest BCUT2D eigenvalue weighted by molar-refractivity contribution is 7.85. The topological polar surface area (TPSA) is 74.3 Å². The molecule has 0 bridgehead atoms. The Hall–Kier alpha value is -0.910. The Balaban J connectivity index is 3.13. The minimum Gasteiger partial charge on any atom is -0.282 e. The molecule has 0 aliphatic heterocycles. The lowest BCUT2D eigenvalue weighted by Gasteiger charge is -2.04. The molecule has 0 amide bonds. The van der Waals surface area contributed by atoms with Crippen LogP contribution in [-0.2, 0) is 21.6 Å². The summed E-state index contributed by atoms with van der Waals surface area (Å²) >= 11 is 0. The van der Waals surface area contributed by atoms with Gasteiger partial charge in [0.1, 0.15) is 0 Å². The van der Waals surface area contributed by atoms with E-state index in [9.17, 15) is 13.5 Å². The Morgan fingerprint density at radius 3 is 2.43 bits per heavy atom. The summed E-state index contributed by atoms with van der Waals surface area (Å²) in [6.07, 6.45) is 0.373. The molecular weight excluding hydrogens is 204 g/mol. The first-order chi connectivity index (χ1) is 6.45. The van der Waals surface area contributed by atoms with Gasteiger partial charge in [0, 0.05) is 0 Å². The SMILES string of the molecule is Cc1cc(S(=O)(=O)O)ccc1CC[O]. The molecule has 77 valence electrons. The standard InChI is InChI=1S/C9H11O4S/c1-7-6-9(14(11,12)13)3-2-8(7)4-5-10/h2-3,6H,4-5H2,1H3,(H,11,12,13). The summed E-state index contributed by atoms with van der Waals surface area (Å²) in [6, 6.07) is 4.21. The van der Waals surface area contributed by atoms with Crippen molar-refractivity contribution in [2.45, 2.75) is 18.2 Å². The molecule has 14 heavy (non-hydrogen) atoms. The van der Waals surface area contributed by atoms with E-state index in [0.717, 1.165) is 5.56 Å². The number of hydrogen-bond acceptors (Lipinski definition) is 2. The second kappa shape index (κ2) is 4.08. The summed E-state index contributed by atoms with van der Waals surface area (Å²) in [5.74, 6) is 0. The van der Waals surface area contributed by atoms with Crippen molar-refractivity contribution in [2.75, 3.05) is 6.61 Å². The zero-order valence-corrected chi connectivity index (χ0v) is 8.54. The van der Waals surface area contributed by atoms with Gasteiger partial charge in [0.15, 0.2) is 0 Å². The van der Waals surface area contributed by atoms with Crippen LogP contribution in [0.3, 0.4) is 0 Å². The van der Waals surface area contributed by atoms with E-state index in [-0.39, 0.29) is 11.5 Å². The third-order valence-electron chi connectivity index (χ3n) is 1.98. The van der Waals surface area contributed by atoms with Gasteiger partial charge in [0.25, 0.3) is 10.1 Å². The molecule has 0 aliphatic carbocycles. The fourth-order valence-electron chi connectivity index (χ4n) is 1.22. The van der Waals surface area contributed by atoms with Crippen LogP contribution in [0.1, 0.15) is 11.1 Å². The lowest BCUT2D eigenvalue weighted by molar-refractivity contribution is 0.197. The smallest absolute Gasteiger partial charge is 0.282 e. The van der Waals surface area contributed by atoms with Crippen molar-refractivity contribution >= 4 is 10.1 Å². The molecular formula is C9H11O4S. The third kappa shape index (κ3) is 2.54. The maximum absolute atomic E-state index is 10.7. The minimum absolute atomic E-state index is 0.135. The molecule has 0 saturated heterocycles. The van der Waals surface area contributed by atoms with E-state index < -0.39 is 10.1 Å². The number of rotatable bonds is 3. The van der Waals surface area contributed by atoms with Crippen LogP contribution in [0.15, 0.2) is 23.1 Å². The van der Waals surface area contributed by atoms with Gasteiger partial charge >= 0.3 is 0 Å². The fraction of sp³-hybridized carbons (Fsp3) is 0.333. The first-order valence-electron chi connectivity index (χ1n) is 4.10. The first kappa shape index (κ1) is 11.2. The van der Waals surface area contributed by atoms with Crippen LogP contribution in [0.5, 0.6) is 0 Å². The molecule has 0 aliphatic rings. The molecule has 5 heteroatoms. The normalized spacial score (nSPS) is 11.6. The third-order valence-corrected chi connectivity index (χ3v) is 2.83. The van der Waals surface area contributed by atoms with Crippen molar-refractivity contribution in [3.63, 3.8) is 0 Å². The largest absolute Gasteiger partial charge is 0.294 e. The summed E-state index contributed by atoms with van der Waals surface area (Å²) in [7, 11) is -4.14. The molecule has 0 fully saturated rings. The second-order valence-corrected chi connectivity index (χ2v) is 4.44. The maximum atomic E-state index is 10.7. The van der Waals surface area contributed by atoms with E-state index in [1.54, 1.807) is 13.0 Å². The van der Waals surface area contributed by atoms with Gasteiger partial charge in [-0.2, -0.15) is 8.42 Å². The Morgan fingerprint density at radius 1 is 1.36 bits per heavy atom. The predicted octanol–water partition coefficient (Wildman–Crippen LogP) is 1.21. The highest BCUT2D eigenvalue weighted by Gasteiger charge is 2.10. The van der Waals surface area contributed by atoms with Crippen LogP contribution in [0.2, 0.25) is 0 Å². The summed E-state index contributed by atoms with van der Waals surface area (Å²) in [5.41, 5.74) is 1.52. The zero-order chi connectivity index (χ0) is 10.8. The van der Waals surface area contributed by atoms with Crippen LogP contribution < -0.4 is 0 Å². The van der Waals surface area contributed by atoms with Gasteiger partial charge < -0.3 is 0 Å². The average molecular weight is 215 g/mol. The molecule has 1 aromatic carbocycles. The van der Waals surface area contributed by atoms with Crippen LogP contribution in [-0.4, -0.2) is 19.6 Å². The van der Waals surface area contributed by atoms with Crippen molar-refractivity contribution in [1.82, 2.24) is 0 Å². The molecule has 1 rings (SSSR count). The van der Waals surface area contributed by atoms with Gasteiger partial charge in [-0.1, -0.05) is 6.07 Å². The molecule has 0 unspecified atom stereocenters. The molecule has 1 radical (unpaired) electrons. The van der Waals surface area contributed by atoms with E-state index in [0.29, 0.717) is 12.0 Å². The van der Waals surface area contributed by atoms with Gasteiger partial charge in [-0.3, -0.25) is 4.55 Å². The Bertz CT molecular complexity index is 422. The fourth-order valence-corrected chi connectivity index (χ4v) is 1.78. The summed E-state index contributed by atoms with van der Waals surface area (Å²) < 4.78 is 30.2. The number of hydrogen-bond donors (Lipinski definition) is 1. The molecule has 0 spiro atoms. The molecule has 1 N–H and O–H groups in total. The van der Waals surface area contributed by atoms with Crippen LogP contribution in [0, 0.1) is 6.92 Å². The molecule has 0 heterocycles. The molecule has 0 saturated carbocycles. The van der Waals surface area contributed by atoms with Gasteiger partial charge in [0.2, 0.25) is 0 Å². The Kier molecular flexibility index (Phi) is 3.25. The van der Waals surface area contributed by atoms with Crippen molar-refractivity contribution in [2.24, 2.45) is 0 Å². The van der Waals surface area contributed by atoms with E-state index in [1.165, 1.54) is 12.1 Å². The molecule has 4 nitrogen and oxygen atoms in total. The van der Waals surface area contributed by atoms with E-state index in [2.05, 4.69) is 0 Å². The summed E-state index contributed by atoms with van der Waals surface area (Å²) in [5, 5.41) is 10.4. The lowest BCUT2D eigenvalue weighted by Crippen LogP contribution is -2.00. The molecule has 1 aromatic rings. The highest BCUT2D eigenvalue weighted by Crippen LogP contribution is 2.15. The Labute approximate surface area is 82.9 Å². The van der Waals surface area contributed by atoms with Crippen LogP contribution >= 0.6 is 0 Å². The number of aryl methyl sites for hydroxylation is 1. The first-order valence-corrected chi connectivity index (χ1v) is 5.54. The molecule has 0 aromatic heterocycles. The van der Waals surface area contributed by atoms with Crippen molar-refractivity contribution in [3.05, 3.63) is 29.3 Å². The monoisotopic (exact) mass is 215 g/mol. The van der Waals surface area contributed by atoms with Crippen LogP contribution in [0.4, 0.5) is 0 Å². The van der Waals surface area contributed by atoms with Gasteiger partial charge in [-0.25, -0.2) is 5.11 Å². The van der Waals surface area contributed by atoms with E-state index >= 15 is 0 Å². The lowest BCUT2D eigenvalue weighted by atomic mass is 10.1. The van der Waals surface area contributed by atoms with Crippen molar-refractivity contribution in [1.29, 1.82) is 0 Å². The van der Waals surface area contributed by atoms with Gasteiger partial charge in [-0.05, 0) is 36.6 Å².